The van der Waals surface area contributed by atoms with E-state index in [2.05, 4.69) is 20.4 Å². The topological polar surface area (TPSA) is 99.8 Å². The third-order valence-electron chi connectivity index (χ3n) is 4.97. The Balaban J connectivity index is 1.62. The van der Waals surface area contributed by atoms with E-state index in [0.29, 0.717) is 55.6 Å². The molecule has 1 fully saturated rings. The van der Waals surface area contributed by atoms with Gasteiger partial charge in [-0.05, 0) is 32.0 Å². The van der Waals surface area contributed by atoms with Crippen LogP contribution in [-0.2, 0) is 4.79 Å². The van der Waals surface area contributed by atoms with Crippen LogP contribution < -0.4 is 14.8 Å². The van der Waals surface area contributed by atoms with Gasteiger partial charge < -0.3 is 19.7 Å². The second-order valence-electron chi connectivity index (χ2n) is 7.52. The van der Waals surface area contributed by atoms with Crippen molar-refractivity contribution in [2.75, 3.05) is 46.9 Å². The maximum absolute atomic E-state index is 12.9. The molecule has 0 radical (unpaired) electrons. The van der Waals surface area contributed by atoms with Gasteiger partial charge in [0.1, 0.15) is 17.2 Å². The molecule has 2 amide bonds. The average molecular weight is 415 g/mol. The van der Waals surface area contributed by atoms with Crippen molar-refractivity contribution in [2.45, 2.75) is 19.9 Å². The molecule has 1 saturated heterocycles. The lowest BCUT2D eigenvalue weighted by atomic mass is 10.1. The van der Waals surface area contributed by atoms with E-state index in [0.717, 1.165) is 5.56 Å². The summed E-state index contributed by atoms with van der Waals surface area (Å²) in [5.41, 5.74) is 1.82. The van der Waals surface area contributed by atoms with Crippen LogP contribution >= 0.6 is 0 Å². The van der Waals surface area contributed by atoms with Crippen LogP contribution in [0.3, 0.4) is 0 Å². The molecule has 0 bridgehead atoms. The molecule has 1 aliphatic rings. The first kappa shape index (κ1) is 21.6. The zero-order valence-corrected chi connectivity index (χ0v) is 17.9. The second kappa shape index (κ2) is 9.62. The fourth-order valence-electron chi connectivity index (χ4n) is 3.43. The summed E-state index contributed by atoms with van der Waals surface area (Å²) in [7, 11) is 3.17. The number of ether oxygens (including phenoxy) is 2. The molecule has 0 saturated carbocycles. The third kappa shape index (κ3) is 5.10. The van der Waals surface area contributed by atoms with E-state index in [4.69, 9.17) is 9.47 Å². The largest absolute Gasteiger partial charge is 0.497 e. The second-order valence-corrected chi connectivity index (χ2v) is 7.52. The molecule has 9 heteroatoms. The minimum atomic E-state index is -0.104. The Hall–Kier alpha value is -3.07. The molecule has 2 aromatic rings. The van der Waals surface area contributed by atoms with Crippen molar-refractivity contribution in [1.82, 2.24) is 25.3 Å². The maximum Gasteiger partial charge on any atom is 0.271 e. The van der Waals surface area contributed by atoms with Crippen LogP contribution in [0, 0.1) is 0 Å². The number of hydrogen-bond acceptors (Lipinski definition) is 6. The molecule has 1 aromatic heterocycles. The van der Waals surface area contributed by atoms with Crippen molar-refractivity contribution >= 4 is 11.8 Å². The van der Waals surface area contributed by atoms with Gasteiger partial charge in [0.05, 0.1) is 26.5 Å². The van der Waals surface area contributed by atoms with Crippen molar-refractivity contribution in [2.24, 2.45) is 0 Å². The summed E-state index contributed by atoms with van der Waals surface area (Å²) in [4.78, 5) is 28.6. The Morgan fingerprint density at radius 1 is 1.13 bits per heavy atom. The Labute approximate surface area is 176 Å². The molecule has 0 aliphatic carbocycles. The number of rotatable bonds is 7. The molecule has 30 heavy (non-hydrogen) atoms. The van der Waals surface area contributed by atoms with E-state index in [1.165, 1.54) is 0 Å². The summed E-state index contributed by atoms with van der Waals surface area (Å²) < 4.78 is 10.7. The van der Waals surface area contributed by atoms with Crippen LogP contribution in [-0.4, -0.2) is 84.8 Å². The third-order valence-corrected chi connectivity index (χ3v) is 4.97. The number of carbonyl (C=O) groups is 2. The van der Waals surface area contributed by atoms with Gasteiger partial charge in [0.2, 0.25) is 5.91 Å². The monoisotopic (exact) mass is 415 g/mol. The summed E-state index contributed by atoms with van der Waals surface area (Å²) in [6.07, 6.45) is 0. The van der Waals surface area contributed by atoms with Gasteiger partial charge in [0.25, 0.3) is 5.91 Å². The number of benzene rings is 1. The van der Waals surface area contributed by atoms with Gasteiger partial charge >= 0.3 is 0 Å². The Bertz CT molecular complexity index is 887. The number of carbonyl (C=O) groups excluding carboxylic acids is 2. The van der Waals surface area contributed by atoms with Crippen molar-refractivity contribution in [3.8, 4) is 22.8 Å². The molecule has 2 N–H and O–H groups in total. The minimum absolute atomic E-state index is 0.0106. The standard InChI is InChI=1S/C21H29N5O4/c1-14(2)22-20(27)13-25-7-9-26(10-8-25)21(28)18-12-17(23-24-18)16-6-5-15(29-3)11-19(16)30-4/h5-6,11-12,14H,7-10,13H2,1-4H3,(H,22,27)(H,23,24). The molecule has 0 unspecified atom stereocenters. The number of nitrogens with zero attached hydrogens (tertiary/aromatic N) is 3. The van der Waals surface area contributed by atoms with Gasteiger partial charge in [-0.15, -0.1) is 0 Å². The molecule has 2 heterocycles. The molecule has 1 aliphatic heterocycles. The lowest BCUT2D eigenvalue weighted by Gasteiger charge is -2.34. The van der Waals surface area contributed by atoms with Crippen LogP contribution in [0.15, 0.2) is 24.3 Å². The molecule has 162 valence electrons. The number of amides is 2. The minimum Gasteiger partial charge on any atom is -0.497 e. The molecular formula is C21H29N5O4. The lowest BCUT2D eigenvalue weighted by Crippen LogP contribution is -2.51. The predicted molar refractivity (Wildman–Crippen MR) is 113 cm³/mol. The van der Waals surface area contributed by atoms with Crippen LogP contribution in [0.5, 0.6) is 11.5 Å². The highest BCUT2D eigenvalue weighted by atomic mass is 16.5. The van der Waals surface area contributed by atoms with Crippen LogP contribution in [0.4, 0.5) is 0 Å². The average Bonchev–Trinajstić information content (AvgIpc) is 3.22. The molecule has 1 aromatic carbocycles. The fraction of sp³-hybridized carbons (Fsp3) is 0.476. The number of H-pyrrole nitrogens is 1. The van der Waals surface area contributed by atoms with Crippen molar-refractivity contribution < 1.29 is 19.1 Å². The highest BCUT2D eigenvalue weighted by Gasteiger charge is 2.25. The van der Waals surface area contributed by atoms with E-state index in [9.17, 15) is 9.59 Å². The van der Waals surface area contributed by atoms with E-state index in [-0.39, 0.29) is 17.9 Å². The number of nitrogens with one attached hydrogen (secondary N) is 2. The van der Waals surface area contributed by atoms with Crippen LogP contribution in [0.1, 0.15) is 24.3 Å². The van der Waals surface area contributed by atoms with E-state index in [1.54, 1.807) is 31.3 Å². The van der Waals surface area contributed by atoms with Gasteiger partial charge in [-0.3, -0.25) is 19.6 Å². The Morgan fingerprint density at radius 2 is 1.87 bits per heavy atom. The predicted octanol–water partition coefficient (Wildman–Crippen LogP) is 1.38. The number of methoxy groups -OCH3 is 2. The molecule has 0 atom stereocenters. The number of aromatic amines is 1. The SMILES string of the molecule is COc1ccc(-c2cc(C(=O)N3CCN(CC(=O)NC(C)C)CC3)[nH]n2)c(OC)c1. The summed E-state index contributed by atoms with van der Waals surface area (Å²) in [5.74, 6) is 1.21. The van der Waals surface area contributed by atoms with Crippen molar-refractivity contribution in [3.63, 3.8) is 0 Å². The smallest absolute Gasteiger partial charge is 0.271 e. The maximum atomic E-state index is 12.9. The lowest BCUT2D eigenvalue weighted by molar-refractivity contribution is -0.123. The van der Waals surface area contributed by atoms with Crippen LogP contribution in [0.2, 0.25) is 0 Å². The van der Waals surface area contributed by atoms with E-state index >= 15 is 0 Å². The first-order chi connectivity index (χ1) is 14.4. The first-order valence-corrected chi connectivity index (χ1v) is 10.00. The summed E-state index contributed by atoms with van der Waals surface area (Å²) >= 11 is 0. The highest BCUT2D eigenvalue weighted by molar-refractivity contribution is 5.93. The first-order valence-electron chi connectivity index (χ1n) is 10.00. The van der Waals surface area contributed by atoms with Crippen molar-refractivity contribution in [3.05, 3.63) is 30.0 Å². The summed E-state index contributed by atoms with van der Waals surface area (Å²) in [6, 6.07) is 7.31. The summed E-state index contributed by atoms with van der Waals surface area (Å²) in [5, 5.41) is 10.0. The Kier molecular flexibility index (Phi) is 6.94. The molecule has 3 rings (SSSR count). The van der Waals surface area contributed by atoms with Gasteiger partial charge in [0, 0.05) is 43.9 Å². The number of hydrogen-bond donors (Lipinski definition) is 2. The van der Waals surface area contributed by atoms with Crippen molar-refractivity contribution in [1.29, 1.82) is 0 Å². The normalized spacial score (nSPS) is 14.6. The Morgan fingerprint density at radius 3 is 2.50 bits per heavy atom. The number of piperazine rings is 1. The zero-order chi connectivity index (χ0) is 21.7. The van der Waals surface area contributed by atoms with Gasteiger partial charge in [0.15, 0.2) is 0 Å². The molecule has 9 nitrogen and oxygen atoms in total. The van der Waals surface area contributed by atoms with E-state index < -0.39 is 0 Å². The fourth-order valence-corrected chi connectivity index (χ4v) is 3.43. The van der Waals surface area contributed by atoms with E-state index in [1.807, 2.05) is 26.0 Å². The van der Waals surface area contributed by atoms with Gasteiger partial charge in [-0.2, -0.15) is 5.10 Å². The van der Waals surface area contributed by atoms with Gasteiger partial charge in [-0.1, -0.05) is 0 Å². The molecule has 0 spiro atoms. The van der Waals surface area contributed by atoms with Crippen LogP contribution in [0.25, 0.3) is 11.3 Å². The summed E-state index contributed by atoms with van der Waals surface area (Å²) in [6.45, 7) is 6.67. The van der Waals surface area contributed by atoms with Gasteiger partial charge in [-0.25, -0.2) is 0 Å². The molecular weight excluding hydrogens is 386 g/mol. The quantitative estimate of drug-likeness (QED) is 0.709. The highest BCUT2D eigenvalue weighted by Crippen LogP contribution is 2.32. The number of aromatic nitrogens is 2. The zero-order valence-electron chi connectivity index (χ0n) is 17.9.